The number of rotatable bonds is 4. The van der Waals surface area contributed by atoms with Crippen LogP contribution in [0.15, 0.2) is 78.9 Å². The second-order valence-electron chi connectivity index (χ2n) is 6.56. The van der Waals surface area contributed by atoms with Gasteiger partial charge in [0.2, 0.25) is 0 Å². The number of carbonyl (C=O) groups excluding carboxylic acids is 2. The summed E-state index contributed by atoms with van der Waals surface area (Å²) in [5, 5.41) is 9.80. The number of fused-ring (bicyclic) bond motifs is 1. The standard InChI is InChI=1S/C23H19NO5/c25-20-12-6-4-10-17(20)23(27)29-15-22(26)24-18-11-5-7-13-21(18)28-14-19(24)16-8-2-1-3-9-16/h1-13,19,25H,14-15H2. The topological polar surface area (TPSA) is 76.1 Å². The van der Waals surface area contributed by atoms with Crippen LogP contribution < -0.4 is 9.64 Å². The Hall–Kier alpha value is -3.80. The molecule has 0 radical (unpaired) electrons. The maximum atomic E-state index is 13.1. The average Bonchev–Trinajstić information content (AvgIpc) is 2.77. The van der Waals surface area contributed by atoms with E-state index >= 15 is 0 Å². The predicted molar refractivity (Wildman–Crippen MR) is 107 cm³/mol. The molecule has 0 fully saturated rings. The number of phenols is 1. The van der Waals surface area contributed by atoms with Crippen molar-refractivity contribution in [1.82, 2.24) is 0 Å². The van der Waals surface area contributed by atoms with Crippen molar-refractivity contribution in [3.05, 3.63) is 90.0 Å². The van der Waals surface area contributed by atoms with Crippen LogP contribution >= 0.6 is 0 Å². The van der Waals surface area contributed by atoms with Gasteiger partial charge in [-0.25, -0.2) is 4.79 Å². The highest BCUT2D eigenvalue weighted by Crippen LogP contribution is 2.39. The van der Waals surface area contributed by atoms with E-state index in [4.69, 9.17) is 9.47 Å². The van der Waals surface area contributed by atoms with Crippen molar-refractivity contribution < 1.29 is 24.2 Å². The van der Waals surface area contributed by atoms with Gasteiger partial charge in [-0.3, -0.25) is 9.69 Å². The third kappa shape index (κ3) is 3.78. The monoisotopic (exact) mass is 389 g/mol. The molecule has 0 saturated heterocycles. The Morgan fingerprint density at radius 2 is 1.66 bits per heavy atom. The Balaban J connectivity index is 1.58. The van der Waals surface area contributed by atoms with E-state index in [1.165, 1.54) is 12.1 Å². The number of anilines is 1. The fraction of sp³-hybridized carbons (Fsp3) is 0.130. The Bertz CT molecular complexity index is 1030. The third-order valence-electron chi connectivity index (χ3n) is 4.74. The van der Waals surface area contributed by atoms with Gasteiger partial charge >= 0.3 is 5.97 Å². The second kappa shape index (κ2) is 8.06. The summed E-state index contributed by atoms with van der Waals surface area (Å²) in [5.41, 5.74) is 1.56. The molecular formula is C23H19NO5. The Kier molecular flexibility index (Phi) is 5.16. The SMILES string of the molecule is O=C(OCC(=O)N1c2ccccc2OCC1c1ccccc1)c1ccccc1O. The van der Waals surface area contributed by atoms with Crippen molar-refractivity contribution in [3.63, 3.8) is 0 Å². The number of phenolic OH excluding ortho intramolecular Hbond substituents is 1. The van der Waals surface area contributed by atoms with E-state index in [-0.39, 0.29) is 23.3 Å². The zero-order valence-electron chi connectivity index (χ0n) is 15.5. The molecule has 1 atom stereocenters. The molecule has 1 amide bonds. The molecule has 6 heteroatoms. The zero-order chi connectivity index (χ0) is 20.2. The fourth-order valence-corrected chi connectivity index (χ4v) is 3.34. The minimum atomic E-state index is -0.755. The molecule has 0 aliphatic carbocycles. The zero-order valence-corrected chi connectivity index (χ0v) is 15.5. The highest BCUT2D eigenvalue weighted by Gasteiger charge is 2.33. The molecule has 0 saturated carbocycles. The van der Waals surface area contributed by atoms with Gasteiger partial charge in [0.15, 0.2) is 6.61 Å². The minimum absolute atomic E-state index is 0.0160. The summed E-state index contributed by atoms with van der Waals surface area (Å²) < 4.78 is 11.0. The minimum Gasteiger partial charge on any atom is -0.507 e. The van der Waals surface area contributed by atoms with Crippen LogP contribution in [0, 0.1) is 0 Å². The molecule has 1 N–H and O–H groups in total. The molecule has 1 aliphatic rings. The molecule has 1 heterocycles. The van der Waals surface area contributed by atoms with Crippen molar-refractivity contribution in [2.45, 2.75) is 6.04 Å². The first-order valence-corrected chi connectivity index (χ1v) is 9.19. The van der Waals surface area contributed by atoms with Crippen molar-refractivity contribution in [1.29, 1.82) is 0 Å². The summed E-state index contributed by atoms with van der Waals surface area (Å²) in [6.07, 6.45) is 0. The number of aromatic hydroxyl groups is 1. The lowest BCUT2D eigenvalue weighted by Gasteiger charge is -2.37. The molecule has 1 aliphatic heterocycles. The normalized spacial score (nSPS) is 15.2. The van der Waals surface area contributed by atoms with E-state index in [1.807, 2.05) is 42.5 Å². The summed E-state index contributed by atoms with van der Waals surface area (Å²) in [5.74, 6) is -0.725. The molecule has 146 valence electrons. The van der Waals surface area contributed by atoms with E-state index in [2.05, 4.69) is 0 Å². The van der Waals surface area contributed by atoms with Crippen LogP contribution in [-0.4, -0.2) is 30.2 Å². The average molecular weight is 389 g/mol. The Morgan fingerprint density at radius 1 is 0.966 bits per heavy atom. The van der Waals surface area contributed by atoms with Crippen molar-refractivity contribution >= 4 is 17.6 Å². The highest BCUT2D eigenvalue weighted by atomic mass is 16.5. The van der Waals surface area contributed by atoms with Gasteiger partial charge < -0.3 is 14.6 Å². The lowest BCUT2D eigenvalue weighted by Crippen LogP contribution is -2.43. The van der Waals surface area contributed by atoms with Gasteiger partial charge in [0.05, 0.1) is 11.7 Å². The van der Waals surface area contributed by atoms with Crippen LogP contribution in [0.1, 0.15) is 22.0 Å². The molecule has 6 nitrogen and oxygen atoms in total. The number of para-hydroxylation sites is 3. The van der Waals surface area contributed by atoms with Crippen molar-refractivity contribution in [2.75, 3.05) is 18.1 Å². The van der Waals surface area contributed by atoms with Gasteiger partial charge in [-0.1, -0.05) is 54.6 Å². The van der Waals surface area contributed by atoms with Crippen LogP contribution in [0.5, 0.6) is 11.5 Å². The van der Waals surface area contributed by atoms with Gasteiger partial charge in [0, 0.05) is 0 Å². The number of nitrogens with zero attached hydrogens (tertiary/aromatic N) is 1. The summed E-state index contributed by atoms with van der Waals surface area (Å²) in [6.45, 7) is -0.162. The van der Waals surface area contributed by atoms with Crippen molar-refractivity contribution in [2.24, 2.45) is 0 Å². The molecule has 1 unspecified atom stereocenters. The van der Waals surface area contributed by atoms with Crippen LogP contribution in [0.25, 0.3) is 0 Å². The van der Waals surface area contributed by atoms with E-state index in [0.29, 0.717) is 18.0 Å². The number of esters is 1. The maximum absolute atomic E-state index is 13.1. The number of amides is 1. The number of hydrogen-bond acceptors (Lipinski definition) is 5. The second-order valence-corrected chi connectivity index (χ2v) is 6.56. The van der Waals surface area contributed by atoms with Gasteiger partial charge in [-0.05, 0) is 29.8 Å². The number of benzene rings is 3. The first kappa shape index (κ1) is 18.6. The number of ether oxygens (including phenoxy) is 2. The maximum Gasteiger partial charge on any atom is 0.342 e. The first-order valence-electron chi connectivity index (χ1n) is 9.19. The molecule has 3 aromatic rings. The summed E-state index contributed by atoms with van der Waals surface area (Å²) in [7, 11) is 0. The van der Waals surface area contributed by atoms with Gasteiger partial charge in [0.25, 0.3) is 5.91 Å². The van der Waals surface area contributed by atoms with E-state index in [1.54, 1.807) is 29.2 Å². The van der Waals surface area contributed by atoms with Gasteiger partial charge in [-0.2, -0.15) is 0 Å². The molecular weight excluding hydrogens is 370 g/mol. The largest absolute Gasteiger partial charge is 0.507 e. The Labute approximate surface area is 167 Å². The highest BCUT2D eigenvalue weighted by molar-refractivity contribution is 5.99. The lowest BCUT2D eigenvalue weighted by atomic mass is 10.0. The molecule has 0 aromatic heterocycles. The molecule has 0 spiro atoms. The summed E-state index contributed by atoms with van der Waals surface area (Å²) >= 11 is 0. The lowest BCUT2D eigenvalue weighted by molar-refractivity contribution is -0.122. The fourth-order valence-electron chi connectivity index (χ4n) is 3.34. The van der Waals surface area contributed by atoms with E-state index in [9.17, 15) is 14.7 Å². The summed E-state index contributed by atoms with van der Waals surface area (Å²) in [4.78, 5) is 27.0. The molecule has 29 heavy (non-hydrogen) atoms. The summed E-state index contributed by atoms with van der Waals surface area (Å²) in [6, 6.07) is 22.5. The molecule has 0 bridgehead atoms. The van der Waals surface area contributed by atoms with Crippen LogP contribution in [0.3, 0.4) is 0 Å². The van der Waals surface area contributed by atoms with Gasteiger partial charge in [-0.15, -0.1) is 0 Å². The third-order valence-corrected chi connectivity index (χ3v) is 4.74. The first-order chi connectivity index (χ1) is 14.1. The van der Waals surface area contributed by atoms with E-state index < -0.39 is 12.6 Å². The van der Waals surface area contributed by atoms with E-state index in [0.717, 1.165) is 5.56 Å². The molecule has 3 aromatic carbocycles. The van der Waals surface area contributed by atoms with Crippen LogP contribution in [0.4, 0.5) is 5.69 Å². The number of hydrogen-bond donors (Lipinski definition) is 1. The smallest absolute Gasteiger partial charge is 0.342 e. The molecule has 4 rings (SSSR count). The Morgan fingerprint density at radius 3 is 2.45 bits per heavy atom. The predicted octanol–water partition coefficient (Wildman–Crippen LogP) is 3.72. The number of carbonyl (C=O) groups is 2. The van der Waals surface area contributed by atoms with Crippen molar-refractivity contribution in [3.8, 4) is 11.5 Å². The van der Waals surface area contributed by atoms with Gasteiger partial charge in [0.1, 0.15) is 23.7 Å². The quantitative estimate of drug-likeness (QED) is 0.689. The van der Waals surface area contributed by atoms with Crippen LogP contribution in [-0.2, 0) is 9.53 Å². The van der Waals surface area contributed by atoms with Crippen LogP contribution in [0.2, 0.25) is 0 Å².